The van der Waals surface area contributed by atoms with Crippen LogP contribution in [0.3, 0.4) is 0 Å². The van der Waals surface area contributed by atoms with Gasteiger partial charge in [0.15, 0.2) is 0 Å². The molecule has 0 aromatic heterocycles. The molecule has 0 bridgehead atoms. The number of rotatable bonds is 5. The molecule has 0 spiro atoms. The van der Waals surface area contributed by atoms with Crippen LogP contribution in [0.2, 0.25) is 0 Å². The monoisotopic (exact) mass is 339 g/mol. The van der Waals surface area contributed by atoms with Gasteiger partial charge >= 0.3 is 0 Å². The highest BCUT2D eigenvalue weighted by Gasteiger charge is 2.29. The van der Waals surface area contributed by atoms with Gasteiger partial charge in [-0.05, 0) is 43.5 Å². The summed E-state index contributed by atoms with van der Waals surface area (Å²) in [6.45, 7) is 0.479. The lowest BCUT2D eigenvalue weighted by Crippen LogP contribution is -2.44. The van der Waals surface area contributed by atoms with Crippen LogP contribution in [0.1, 0.15) is 36.0 Å². The number of benzene rings is 1. The molecular weight excluding hydrogens is 314 g/mol. The van der Waals surface area contributed by atoms with E-state index in [0.717, 1.165) is 25.7 Å². The topological polar surface area (TPSA) is 92.5 Å². The Kier molecular flexibility index (Phi) is 5.78. The fourth-order valence-electron chi connectivity index (χ4n) is 2.97. The SMILES string of the molecule is CN(C)C(=O)c1cccc(S(=O)(=O)NC2CCCCC2CN)c1. The summed E-state index contributed by atoms with van der Waals surface area (Å²) in [7, 11) is -0.392. The van der Waals surface area contributed by atoms with Crippen molar-refractivity contribution in [2.24, 2.45) is 11.7 Å². The summed E-state index contributed by atoms with van der Waals surface area (Å²) >= 11 is 0. The van der Waals surface area contributed by atoms with Crippen molar-refractivity contribution in [3.05, 3.63) is 29.8 Å². The highest BCUT2D eigenvalue weighted by Crippen LogP contribution is 2.25. The van der Waals surface area contributed by atoms with E-state index >= 15 is 0 Å². The van der Waals surface area contributed by atoms with Gasteiger partial charge in [0.2, 0.25) is 10.0 Å². The van der Waals surface area contributed by atoms with Crippen LogP contribution in [0.4, 0.5) is 0 Å². The van der Waals surface area contributed by atoms with Gasteiger partial charge in [0.25, 0.3) is 5.91 Å². The minimum Gasteiger partial charge on any atom is -0.345 e. The Morgan fingerprint density at radius 2 is 2.00 bits per heavy atom. The van der Waals surface area contributed by atoms with Gasteiger partial charge in [-0.15, -0.1) is 0 Å². The molecule has 0 heterocycles. The summed E-state index contributed by atoms with van der Waals surface area (Å²) < 4.78 is 28.0. The van der Waals surface area contributed by atoms with Crippen molar-refractivity contribution in [1.29, 1.82) is 0 Å². The minimum absolute atomic E-state index is 0.117. The highest BCUT2D eigenvalue weighted by molar-refractivity contribution is 7.89. The molecule has 1 aromatic rings. The zero-order chi connectivity index (χ0) is 17.0. The molecule has 1 fully saturated rings. The van der Waals surface area contributed by atoms with E-state index in [2.05, 4.69) is 4.72 Å². The van der Waals surface area contributed by atoms with E-state index in [4.69, 9.17) is 5.73 Å². The predicted octanol–water partition coefficient (Wildman–Crippen LogP) is 1.18. The normalized spacial score (nSPS) is 21.9. The maximum atomic E-state index is 12.6. The molecule has 128 valence electrons. The Balaban J connectivity index is 2.22. The van der Waals surface area contributed by atoms with Gasteiger partial charge in [0, 0.05) is 25.7 Å². The van der Waals surface area contributed by atoms with Crippen LogP contribution < -0.4 is 10.5 Å². The van der Waals surface area contributed by atoms with Crippen LogP contribution in [0.5, 0.6) is 0 Å². The molecule has 7 heteroatoms. The van der Waals surface area contributed by atoms with Crippen LogP contribution in [0, 0.1) is 5.92 Å². The summed E-state index contributed by atoms with van der Waals surface area (Å²) in [6, 6.07) is 6.00. The lowest BCUT2D eigenvalue weighted by Gasteiger charge is -2.31. The average molecular weight is 339 g/mol. The van der Waals surface area contributed by atoms with E-state index < -0.39 is 10.0 Å². The molecule has 1 aromatic carbocycles. The molecule has 6 nitrogen and oxygen atoms in total. The summed E-state index contributed by atoms with van der Waals surface area (Å²) in [4.78, 5) is 13.5. The van der Waals surface area contributed by atoms with Gasteiger partial charge in [-0.2, -0.15) is 0 Å². The standard InChI is InChI=1S/C16H25N3O3S/c1-19(2)16(20)12-7-5-8-14(10-12)23(21,22)18-15-9-4-3-6-13(15)11-17/h5,7-8,10,13,15,18H,3-4,6,9,11,17H2,1-2H3. The maximum absolute atomic E-state index is 12.6. The fraction of sp³-hybridized carbons (Fsp3) is 0.562. The zero-order valence-corrected chi connectivity index (χ0v) is 14.5. The third kappa shape index (κ3) is 4.31. The van der Waals surface area contributed by atoms with Gasteiger partial charge < -0.3 is 10.6 Å². The van der Waals surface area contributed by atoms with Gasteiger partial charge in [-0.1, -0.05) is 18.9 Å². The second-order valence-corrected chi connectivity index (χ2v) is 7.95. The number of nitrogens with one attached hydrogen (secondary N) is 1. The Labute approximate surface area is 138 Å². The van der Waals surface area contributed by atoms with Crippen molar-refractivity contribution in [2.45, 2.75) is 36.6 Å². The first-order chi connectivity index (χ1) is 10.8. The molecule has 0 aliphatic heterocycles. The van der Waals surface area contributed by atoms with E-state index in [1.807, 2.05) is 0 Å². The molecule has 1 amide bonds. The van der Waals surface area contributed by atoms with E-state index in [1.165, 1.54) is 17.0 Å². The molecule has 0 radical (unpaired) electrons. The molecule has 3 N–H and O–H groups in total. The van der Waals surface area contributed by atoms with Crippen molar-refractivity contribution in [1.82, 2.24) is 9.62 Å². The number of carbonyl (C=O) groups is 1. The first kappa shape index (κ1) is 17.9. The van der Waals surface area contributed by atoms with Crippen LogP contribution in [0.25, 0.3) is 0 Å². The Morgan fingerprint density at radius 1 is 1.30 bits per heavy atom. The number of sulfonamides is 1. The highest BCUT2D eigenvalue weighted by atomic mass is 32.2. The van der Waals surface area contributed by atoms with Crippen molar-refractivity contribution in [3.63, 3.8) is 0 Å². The fourth-order valence-corrected chi connectivity index (χ4v) is 4.35. The maximum Gasteiger partial charge on any atom is 0.253 e. The Hall–Kier alpha value is -1.44. The lowest BCUT2D eigenvalue weighted by molar-refractivity contribution is 0.0827. The van der Waals surface area contributed by atoms with Crippen LogP contribution in [-0.2, 0) is 10.0 Å². The van der Waals surface area contributed by atoms with E-state index in [1.54, 1.807) is 26.2 Å². The number of nitrogens with zero attached hydrogens (tertiary/aromatic N) is 1. The number of nitrogens with two attached hydrogens (primary N) is 1. The molecule has 0 saturated heterocycles. The zero-order valence-electron chi connectivity index (χ0n) is 13.7. The number of hydrogen-bond donors (Lipinski definition) is 2. The van der Waals surface area contributed by atoms with Crippen molar-refractivity contribution >= 4 is 15.9 Å². The Bertz CT molecular complexity index is 658. The summed E-state index contributed by atoms with van der Waals surface area (Å²) in [5.41, 5.74) is 6.12. The summed E-state index contributed by atoms with van der Waals surface area (Å²) in [6.07, 6.45) is 3.84. The van der Waals surface area contributed by atoms with Crippen LogP contribution >= 0.6 is 0 Å². The van der Waals surface area contributed by atoms with Crippen molar-refractivity contribution in [2.75, 3.05) is 20.6 Å². The van der Waals surface area contributed by atoms with Crippen LogP contribution in [0.15, 0.2) is 29.2 Å². The minimum atomic E-state index is -3.66. The Morgan fingerprint density at radius 3 is 2.65 bits per heavy atom. The van der Waals surface area contributed by atoms with Gasteiger partial charge in [0.1, 0.15) is 0 Å². The largest absolute Gasteiger partial charge is 0.345 e. The third-order valence-corrected chi connectivity index (χ3v) is 5.80. The lowest BCUT2D eigenvalue weighted by atomic mass is 9.85. The van der Waals surface area contributed by atoms with E-state index in [-0.39, 0.29) is 22.8 Å². The number of carbonyl (C=O) groups excluding carboxylic acids is 1. The first-order valence-electron chi connectivity index (χ1n) is 7.89. The number of amides is 1. The molecule has 2 rings (SSSR count). The van der Waals surface area contributed by atoms with E-state index in [0.29, 0.717) is 12.1 Å². The molecular formula is C16H25N3O3S. The molecule has 1 aliphatic carbocycles. The van der Waals surface area contributed by atoms with Gasteiger partial charge in [0.05, 0.1) is 4.90 Å². The molecule has 1 saturated carbocycles. The van der Waals surface area contributed by atoms with Crippen LogP contribution in [-0.4, -0.2) is 45.9 Å². The van der Waals surface area contributed by atoms with Crippen molar-refractivity contribution in [3.8, 4) is 0 Å². The second-order valence-electron chi connectivity index (χ2n) is 6.24. The summed E-state index contributed by atoms with van der Waals surface area (Å²) in [5.74, 6) is -0.0512. The quantitative estimate of drug-likeness (QED) is 0.842. The predicted molar refractivity (Wildman–Crippen MR) is 89.6 cm³/mol. The number of hydrogen-bond acceptors (Lipinski definition) is 4. The first-order valence-corrected chi connectivity index (χ1v) is 9.37. The van der Waals surface area contributed by atoms with E-state index in [9.17, 15) is 13.2 Å². The van der Waals surface area contributed by atoms with Crippen molar-refractivity contribution < 1.29 is 13.2 Å². The molecule has 2 atom stereocenters. The smallest absolute Gasteiger partial charge is 0.253 e. The average Bonchev–Trinajstić information content (AvgIpc) is 2.54. The summed E-state index contributed by atoms with van der Waals surface area (Å²) in [5, 5.41) is 0. The molecule has 23 heavy (non-hydrogen) atoms. The third-order valence-electron chi connectivity index (χ3n) is 4.32. The second kappa shape index (κ2) is 7.42. The van der Waals surface area contributed by atoms with Gasteiger partial charge in [-0.25, -0.2) is 13.1 Å². The molecule has 2 unspecified atom stereocenters. The van der Waals surface area contributed by atoms with Gasteiger partial charge in [-0.3, -0.25) is 4.79 Å². The molecule has 1 aliphatic rings.